The first-order valence-electron chi connectivity index (χ1n) is 8.14. The summed E-state index contributed by atoms with van der Waals surface area (Å²) >= 11 is 0. The quantitative estimate of drug-likeness (QED) is 0.678. The lowest BCUT2D eigenvalue weighted by Crippen LogP contribution is -2.42. The first-order chi connectivity index (χ1) is 13.3. The Morgan fingerprint density at radius 2 is 1.64 bits per heavy atom. The minimum Gasteiger partial charge on any atom is -0.493 e. The van der Waals surface area contributed by atoms with Gasteiger partial charge in [-0.15, -0.1) is 0 Å². The largest absolute Gasteiger partial charge is 0.493 e. The van der Waals surface area contributed by atoms with Crippen LogP contribution in [0.15, 0.2) is 42.5 Å². The number of carboxylic acids is 1. The van der Waals surface area contributed by atoms with E-state index in [1.165, 1.54) is 14.2 Å². The Morgan fingerprint density at radius 1 is 1.07 bits per heavy atom. The Balaban J connectivity index is 2.27. The van der Waals surface area contributed by atoms with Crippen LogP contribution in [0.1, 0.15) is 15.9 Å². The predicted molar refractivity (Wildman–Crippen MR) is 95.2 cm³/mol. The Labute approximate surface area is 159 Å². The van der Waals surface area contributed by atoms with Crippen molar-refractivity contribution < 1.29 is 37.7 Å². The third-order valence-electron chi connectivity index (χ3n) is 3.82. The van der Waals surface area contributed by atoms with Crippen LogP contribution in [0.3, 0.4) is 0 Å². The molecule has 1 atom stereocenters. The topological polar surface area (TPSA) is 94.1 Å². The zero-order chi connectivity index (χ0) is 20.7. The Morgan fingerprint density at radius 3 is 2.11 bits per heavy atom. The van der Waals surface area contributed by atoms with Gasteiger partial charge in [0.1, 0.15) is 6.04 Å². The van der Waals surface area contributed by atoms with Gasteiger partial charge in [0.15, 0.2) is 11.5 Å². The van der Waals surface area contributed by atoms with Crippen molar-refractivity contribution in [3.8, 4) is 17.2 Å². The van der Waals surface area contributed by atoms with Gasteiger partial charge in [0.05, 0.1) is 14.2 Å². The summed E-state index contributed by atoms with van der Waals surface area (Å²) in [7, 11) is 2.43. The van der Waals surface area contributed by atoms with Crippen LogP contribution in [0.5, 0.6) is 17.2 Å². The van der Waals surface area contributed by atoms with Crippen LogP contribution in [0.2, 0.25) is 0 Å². The highest BCUT2D eigenvalue weighted by atomic mass is 19.3. The lowest BCUT2D eigenvalue weighted by Gasteiger charge is -2.17. The second-order valence-electron chi connectivity index (χ2n) is 5.64. The fourth-order valence-corrected chi connectivity index (χ4v) is 2.51. The molecule has 28 heavy (non-hydrogen) atoms. The zero-order valence-electron chi connectivity index (χ0n) is 15.1. The highest BCUT2D eigenvalue weighted by Crippen LogP contribution is 2.39. The Hall–Kier alpha value is -3.36. The summed E-state index contributed by atoms with van der Waals surface area (Å²) in [6.07, 6.45) is 0.0722. The van der Waals surface area contributed by atoms with E-state index in [9.17, 15) is 23.5 Å². The lowest BCUT2D eigenvalue weighted by molar-refractivity contribution is -0.139. The smallest absolute Gasteiger partial charge is 0.387 e. The Bertz CT molecular complexity index is 803. The molecule has 7 nitrogen and oxygen atoms in total. The van der Waals surface area contributed by atoms with Crippen LogP contribution in [-0.4, -0.2) is 43.9 Å². The molecule has 0 aliphatic carbocycles. The number of rotatable bonds is 9. The van der Waals surface area contributed by atoms with Gasteiger partial charge in [0.2, 0.25) is 5.75 Å². The molecule has 2 aromatic carbocycles. The molecule has 0 aliphatic heterocycles. The van der Waals surface area contributed by atoms with Gasteiger partial charge in [-0.1, -0.05) is 30.3 Å². The molecule has 0 radical (unpaired) electrons. The van der Waals surface area contributed by atoms with Gasteiger partial charge in [-0.25, -0.2) is 4.79 Å². The fourth-order valence-electron chi connectivity index (χ4n) is 2.51. The standard InChI is InChI=1S/C19H19F2NO6/c1-26-14-9-12(10-15(27-2)16(14)28-19(20)21)17(23)22-13(18(24)25)8-11-6-4-3-5-7-11/h3-7,9-10,13,19H,8H2,1-2H3,(H,22,23)(H,24,25)/t13-/m0/s1. The number of alkyl halides is 2. The molecular formula is C19H19F2NO6. The highest BCUT2D eigenvalue weighted by Gasteiger charge is 2.24. The van der Waals surface area contributed by atoms with E-state index in [1.807, 2.05) is 0 Å². The van der Waals surface area contributed by atoms with Crippen molar-refractivity contribution in [1.82, 2.24) is 5.32 Å². The SMILES string of the molecule is COc1cc(C(=O)N[C@@H](Cc2ccccc2)C(=O)O)cc(OC)c1OC(F)F. The van der Waals surface area contributed by atoms with Gasteiger partial charge in [0.25, 0.3) is 5.91 Å². The van der Waals surface area contributed by atoms with Gasteiger partial charge >= 0.3 is 12.6 Å². The van der Waals surface area contributed by atoms with E-state index in [1.54, 1.807) is 30.3 Å². The first kappa shape index (κ1) is 20.9. The van der Waals surface area contributed by atoms with E-state index in [2.05, 4.69) is 10.1 Å². The maximum Gasteiger partial charge on any atom is 0.387 e. The number of benzene rings is 2. The van der Waals surface area contributed by atoms with Crippen LogP contribution in [0.25, 0.3) is 0 Å². The van der Waals surface area contributed by atoms with Crippen LogP contribution in [-0.2, 0) is 11.2 Å². The zero-order valence-corrected chi connectivity index (χ0v) is 15.1. The number of halogens is 2. The Kier molecular flexibility index (Phi) is 7.14. The molecule has 0 bridgehead atoms. The number of aliphatic carboxylic acids is 1. The van der Waals surface area contributed by atoms with Gasteiger partial charge in [0, 0.05) is 12.0 Å². The van der Waals surface area contributed by atoms with E-state index in [0.29, 0.717) is 0 Å². The highest BCUT2D eigenvalue weighted by molar-refractivity contribution is 5.97. The number of methoxy groups -OCH3 is 2. The number of ether oxygens (including phenoxy) is 3. The van der Waals surface area contributed by atoms with Gasteiger partial charge < -0.3 is 24.6 Å². The summed E-state index contributed by atoms with van der Waals surface area (Å²) in [5, 5.41) is 11.8. The van der Waals surface area contributed by atoms with E-state index < -0.39 is 24.5 Å². The molecule has 9 heteroatoms. The molecule has 0 unspecified atom stereocenters. The summed E-state index contributed by atoms with van der Waals surface area (Å²) in [6.45, 7) is -3.12. The number of amides is 1. The second kappa shape index (κ2) is 9.54. The van der Waals surface area contributed by atoms with Crippen LogP contribution < -0.4 is 19.5 Å². The average Bonchev–Trinajstić information content (AvgIpc) is 2.67. The lowest BCUT2D eigenvalue weighted by atomic mass is 10.1. The van der Waals surface area contributed by atoms with Crippen molar-refractivity contribution in [2.45, 2.75) is 19.1 Å². The number of hydrogen-bond donors (Lipinski definition) is 2. The van der Waals surface area contributed by atoms with Gasteiger partial charge in [-0.3, -0.25) is 4.79 Å². The molecule has 150 valence electrons. The van der Waals surface area contributed by atoms with Crippen molar-refractivity contribution in [3.63, 3.8) is 0 Å². The summed E-state index contributed by atoms with van der Waals surface area (Å²) in [6, 6.07) is 9.92. The molecule has 2 N–H and O–H groups in total. The van der Waals surface area contributed by atoms with Gasteiger partial charge in [-0.05, 0) is 17.7 Å². The molecular weight excluding hydrogens is 376 g/mol. The average molecular weight is 395 g/mol. The minimum absolute atomic E-state index is 0.0328. The number of carboxylic acid groups (broad SMARTS) is 1. The van der Waals surface area contributed by atoms with E-state index >= 15 is 0 Å². The third-order valence-corrected chi connectivity index (χ3v) is 3.82. The summed E-state index contributed by atoms with van der Waals surface area (Å²) < 4.78 is 39.6. The molecule has 0 fully saturated rings. The maximum absolute atomic E-state index is 12.6. The van der Waals surface area contributed by atoms with Crippen LogP contribution in [0, 0.1) is 0 Å². The minimum atomic E-state index is -3.12. The van der Waals surface area contributed by atoms with Crippen molar-refractivity contribution in [2.24, 2.45) is 0 Å². The van der Waals surface area contributed by atoms with Gasteiger partial charge in [-0.2, -0.15) is 8.78 Å². The molecule has 0 saturated heterocycles. The number of nitrogens with one attached hydrogen (secondary N) is 1. The predicted octanol–water partition coefficient (Wildman–Crippen LogP) is 2.73. The van der Waals surface area contributed by atoms with Crippen molar-refractivity contribution in [1.29, 1.82) is 0 Å². The number of carbonyl (C=O) groups is 2. The molecule has 0 aromatic heterocycles. The number of hydrogen-bond acceptors (Lipinski definition) is 5. The normalized spacial score (nSPS) is 11.6. The summed E-state index contributed by atoms with van der Waals surface area (Å²) in [4.78, 5) is 24.1. The van der Waals surface area contributed by atoms with Crippen molar-refractivity contribution in [2.75, 3.05) is 14.2 Å². The molecule has 2 rings (SSSR count). The van der Waals surface area contributed by atoms with E-state index in [-0.39, 0.29) is 29.2 Å². The maximum atomic E-state index is 12.6. The van der Waals surface area contributed by atoms with Crippen LogP contribution in [0.4, 0.5) is 8.78 Å². The molecule has 1 amide bonds. The summed E-state index contributed by atoms with van der Waals surface area (Å²) in [5.74, 6) is -2.62. The second-order valence-corrected chi connectivity index (χ2v) is 5.64. The third kappa shape index (κ3) is 5.32. The van der Waals surface area contributed by atoms with E-state index in [4.69, 9.17) is 9.47 Å². The van der Waals surface area contributed by atoms with Crippen molar-refractivity contribution >= 4 is 11.9 Å². The molecule has 0 spiro atoms. The van der Waals surface area contributed by atoms with Crippen molar-refractivity contribution in [3.05, 3.63) is 53.6 Å². The molecule has 0 saturated carbocycles. The molecule has 0 aliphatic rings. The molecule has 0 heterocycles. The monoisotopic (exact) mass is 395 g/mol. The number of carbonyl (C=O) groups excluding carboxylic acids is 1. The van der Waals surface area contributed by atoms with E-state index in [0.717, 1.165) is 17.7 Å². The first-order valence-corrected chi connectivity index (χ1v) is 8.14. The van der Waals surface area contributed by atoms with Crippen LogP contribution >= 0.6 is 0 Å². The fraction of sp³-hybridized carbons (Fsp3) is 0.263. The molecule has 2 aromatic rings. The summed E-state index contributed by atoms with van der Waals surface area (Å²) in [5.41, 5.74) is 0.695.